The van der Waals surface area contributed by atoms with Gasteiger partial charge in [0.05, 0.1) is 12.2 Å². The van der Waals surface area contributed by atoms with Crippen LogP contribution in [-0.4, -0.2) is 64.3 Å². The smallest absolute Gasteiger partial charge is 0.395 e. The van der Waals surface area contributed by atoms with Gasteiger partial charge in [-0.25, -0.2) is 0 Å². The Morgan fingerprint density at radius 3 is 2.23 bits per heavy atom. The molecule has 7 nitrogen and oxygen atoms in total. The van der Waals surface area contributed by atoms with E-state index in [1.165, 1.54) is 12.1 Å². The number of aryl methyl sites for hydroxylation is 3. The van der Waals surface area contributed by atoms with Crippen LogP contribution in [0, 0.1) is 20.8 Å². The Labute approximate surface area is 202 Å². The molecule has 35 heavy (non-hydrogen) atoms. The van der Waals surface area contributed by atoms with E-state index >= 15 is 0 Å². The molecule has 1 aliphatic heterocycles. The number of benzene rings is 2. The van der Waals surface area contributed by atoms with E-state index < -0.39 is 11.7 Å². The summed E-state index contributed by atoms with van der Waals surface area (Å²) >= 11 is 0. The normalized spacial score (nSPS) is 14.9. The zero-order valence-electron chi connectivity index (χ0n) is 20.0. The third-order valence-electron chi connectivity index (χ3n) is 6.10. The maximum atomic E-state index is 13.2. The van der Waals surface area contributed by atoms with Crippen molar-refractivity contribution in [2.75, 3.05) is 49.5 Å². The summed E-state index contributed by atoms with van der Waals surface area (Å²) in [4.78, 5) is 17.9. The first kappa shape index (κ1) is 24.9. The highest BCUT2D eigenvalue weighted by Gasteiger charge is 2.30. The van der Waals surface area contributed by atoms with Crippen molar-refractivity contribution in [2.24, 2.45) is 0 Å². The Kier molecular flexibility index (Phi) is 7.23. The summed E-state index contributed by atoms with van der Waals surface area (Å²) in [5, 5.41) is 12.4. The molecule has 0 atom stereocenters. The first-order chi connectivity index (χ1) is 16.6. The molecule has 1 fully saturated rings. The second kappa shape index (κ2) is 10.2. The molecule has 0 aliphatic carbocycles. The van der Waals surface area contributed by atoms with E-state index in [0.29, 0.717) is 35.4 Å². The Balaban J connectivity index is 1.56. The van der Waals surface area contributed by atoms with E-state index in [-0.39, 0.29) is 6.61 Å². The molecular weight excluding hydrogens is 457 g/mol. The van der Waals surface area contributed by atoms with Gasteiger partial charge in [-0.05, 0) is 67.3 Å². The van der Waals surface area contributed by atoms with E-state index in [9.17, 15) is 13.2 Å². The molecule has 0 radical (unpaired) electrons. The molecular formula is C25H29F3N6O. The Morgan fingerprint density at radius 2 is 1.60 bits per heavy atom. The first-order valence-electron chi connectivity index (χ1n) is 11.5. The minimum atomic E-state index is -4.39. The number of hydrogen-bond acceptors (Lipinski definition) is 7. The minimum Gasteiger partial charge on any atom is -0.395 e. The van der Waals surface area contributed by atoms with E-state index in [1.807, 2.05) is 32.9 Å². The van der Waals surface area contributed by atoms with Gasteiger partial charge in [-0.15, -0.1) is 0 Å². The minimum absolute atomic E-state index is 0.143. The highest BCUT2D eigenvalue weighted by atomic mass is 19.4. The highest BCUT2D eigenvalue weighted by molar-refractivity contribution is 5.73. The average Bonchev–Trinajstić information content (AvgIpc) is 2.81. The summed E-state index contributed by atoms with van der Waals surface area (Å²) in [5.41, 5.74) is 3.10. The molecule has 2 heterocycles. The second-order valence-corrected chi connectivity index (χ2v) is 8.75. The third-order valence-corrected chi connectivity index (χ3v) is 6.10. The van der Waals surface area contributed by atoms with Crippen molar-refractivity contribution in [3.63, 3.8) is 0 Å². The number of aliphatic hydroxyl groups is 1. The monoisotopic (exact) mass is 486 g/mol. The number of piperazine rings is 1. The third kappa shape index (κ3) is 5.88. The van der Waals surface area contributed by atoms with Crippen LogP contribution in [0.3, 0.4) is 0 Å². The van der Waals surface area contributed by atoms with Gasteiger partial charge in [0, 0.05) is 38.4 Å². The summed E-state index contributed by atoms with van der Waals surface area (Å²) < 4.78 is 39.5. The Morgan fingerprint density at radius 1 is 0.914 bits per heavy atom. The number of anilines is 3. The van der Waals surface area contributed by atoms with Crippen LogP contribution in [0.1, 0.15) is 22.5 Å². The lowest BCUT2D eigenvalue weighted by Crippen LogP contribution is -2.47. The van der Waals surface area contributed by atoms with Gasteiger partial charge in [0.25, 0.3) is 0 Å². The van der Waals surface area contributed by atoms with Gasteiger partial charge in [0.2, 0.25) is 11.9 Å². The number of alkyl halides is 3. The maximum Gasteiger partial charge on any atom is 0.416 e. The van der Waals surface area contributed by atoms with Gasteiger partial charge in [-0.1, -0.05) is 12.1 Å². The fraction of sp³-hybridized carbons (Fsp3) is 0.400. The first-order valence-corrected chi connectivity index (χ1v) is 11.5. The van der Waals surface area contributed by atoms with Crippen molar-refractivity contribution in [3.8, 4) is 11.1 Å². The lowest BCUT2D eigenvalue weighted by atomic mass is 9.97. The Bertz CT molecular complexity index is 1170. The molecule has 2 N–H and O–H groups in total. The van der Waals surface area contributed by atoms with Crippen LogP contribution in [0.25, 0.3) is 11.1 Å². The lowest BCUT2D eigenvalue weighted by molar-refractivity contribution is -0.137. The molecule has 186 valence electrons. The fourth-order valence-electron chi connectivity index (χ4n) is 4.29. The van der Waals surface area contributed by atoms with Crippen LogP contribution in [0.2, 0.25) is 0 Å². The van der Waals surface area contributed by atoms with Crippen molar-refractivity contribution in [2.45, 2.75) is 26.9 Å². The van der Waals surface area contributed by atoms with E-state index in [0.717, 1.165) is 49.1 Å². The van der Waals surface area contributed by atoms with Crippen molar-refractivity contribution < 1.29 is 18.3 Å². The lowest BCUT2D eigenvalue weighted by Gasteiger charge is -2.34. The summed E-state index contributed by atoms with van der Waals surface area (Å²) in [7, 11) is 0. The summed E-state index contributed by atoms with van der Waals surface area (Å²) in [6.07, 6.45) is -4.39. The number of nitrogens with zero attached hydrogens (tertiary/aromatic N) is 5. The summed E-state index contributed by atoms with van der Waals surface area (Å²) in [5.74, 6) is 1.61. The molecule has 0 bridgehead atoms. The molecule has 2 aromatic carbocycles. The number of aliphatic hydroxyl groups excluding tert-OH is 1. The molecule has 4 rings (SSSR count). The van der Waals surface area contributed by atoms with Crippen LogP contribution in [0.15, 0.2) is 36.4 Å². The summed E-state index contributed by atoms with van der Waals surface area (Å²) in [6, 6.07) is 9.07. The number of rotatable bonds is 6. The molecule has 0 saturated carbocycles. The number of hydrogen-bond donors (Lipinski definition) is 2. The van der Waals surface area contributed by atoms with Gasteiger partial charge in [-0.3, -0.25) is 4.90 Å². The molecule has 10 heteroatoms. The topological polar surface area (TPSA) is 77.4 Å². The maximum absolute atomic E-state index is 13.2. The molecule has 1 saturated heterocycles. The number of nitrogens with one attached hydrogen (secondary N) is 1. The van der Waals surface area contributed by atoms with Gasteiger partial charge >= 0.3 is 6.18 Å². The van der Waals surface area contributed by atoms with Crippen molar-refractivity contribution in [1.29, 1.82) is 0 Å². The second-order valence-electron chi connectivity index (χ2n) is 8.75. The fourth-order valence-corrected chi connectivity index (χ4v) is 4.29. The molecule has 3 aromatic rings. The standard InChI is InChI=1S/C25H29F3N6O/c1-16-13-20(19-5-4-6-21(15-19)25(26,27)28)14-17(2)22(16)31-23-29-18(3)30-24(32-23)34-9-7-33(8-10-34)11-12-35/h4-6,13-15,35H,7-12H2,1-3H3,(H,29,30,31,32). The van der Waals surface area contributed by atoms with Gasteiger partial charge < -0.3 is 15.3 Å². The average molecular weight is 487 g/mol. The van der Waals surface area contributed by atoms with Crippen LogP contribution >= 0.6 is 0 Å². The van der Waals surface area contributed by atoms with E-state index in [1.54, 1.807) is 6.07 Å². The molecule has 1 aliphatic rings. The van der Waals surface area contributed by atoms with Crippen LogP contribution in [-0.2, 0) is 6.18 Å². The van der Waals surface area contributed by atoms with E-state index in [4.69, 9.17) is 5.11 Å². The SMILES string of the molecule is Cc1nc(Nc2c(C)cc(-c3cccc(C(F)(F)F)c3)cc2C)nc(N2CCN(CCO)CC2)n1. The van der Waals surface area contributed by atoms with Crippen LogP contribution in [0.5, 0.6) is 0 Å². The number of halogens is 3. The molecule has 0 spiro atoms. The van der Waals surface area contributed by atoms with Gasteiger partial charge in [-0.2, -0.15) is 28.1 Å². The molecule has 1 aromatic heterocycles. The zero-order chi connectivity index (χ0) is 25.2. The largest absolute Gasteiger partial charge is 0.416 e. The number of β-amino-alcohol motifs (C(OH)–C–C–N with tert-alkyl or cyclic N) is 1. The predicted molar refractivity (Wildman–Crippen MR) is 130 cm³/mol. The molecule has 0 amide bonds. The van der Waals surface area contributed by atoms with Crippen molar-refractivity contribution in [1.82, 2.24) is 19.9 Å². The van der Waals surface area contributed by atoms with Crippen LogP contribution in [0.4, 0.5) is 30.8 Å². The quantitative estimate of drug-likeness (QED) is 0.537. The molecule has 0 unspecified atom stereocenters. The van der Waals surface area contributed by atoms with Crippen molar-refractivity contribution in [3.05, 3.63) is 58.9 Å². The van der Waals surface area contributed by atoms with E-state index in [2.05, 4.69) is 30.1 Å². The van der Waals surface area contributed by atoms with Gasteiger partial charge in [0.15, 0.2) is 0 Å². The highest BCUT2D eigenvalue weighted by Crippen LogP contribution is 2.34. The predicted octanol–water partition coefficient (Wildman–Crippen LogP) is 4.34. The van der Waals surface area contributed by atoms with Gasteiger partial charge in [0.1, 0.15) is 5.82 Å². The van der Waals surface area contributed by atoms with Crippen LogP contribution < -0.4 is 10.2 Å². The van der Waals surface area contributed by atoms with Crippen molar-refractivity contribution >= 4 is 17.6 Å². The zero-order valence-corrected chi connectivity index (χ0v) is 20.0. The number of aromatic nitrogens is 3. The Hall–Kier alpha value is -3.24. The summed E-state index contributed by atoms with van der Waals surface area (Å²) in [6.45, 7) is 9.58.